The summed E-state index contributed by atoms with van der Waals surface area (Å²) in [6, 6.07) is 0. The topological polar surface area (TPSA) is 121 Å². The summed E-state index contributed by atoms with van der Waals surface area (Å²) in [5.74, 6) is -1.32. The van der Waals surface area contributed by atoms with Gasteiger partial charge in [0.15, 0.2) is 0 Å². The van der Waals surface area contributed by atoms with Crippen molar-refractivity contribution < 1.29 is 16.8 Å². The normalized spacial score (nSPS) is 14.7. The van der Waals surface area contributed by atoms with Gasteiger partial charge in [-0.1, -0.05) is 13.8 Å². The third kappa shape index (κ3) is 6.31. The molecule has 0 bridgehead atoms. The Hall–Kier alpha value is -0.670. The fourth-order valence-electron chi connectivity index (χ4n) is 1.23. The monoisotopic (exact) mass is 299 g/mol. The highest BCUT2D eigenvalue weighted by Gasteiger charge is 2.24. The Bertz CT molecular complexity index is 484. The maximum absolute atomic E-state index is 11.9. The highest BCUT2D eigenvalue weighted by molar-refractivity contribution is 7.93. The standard InChI is InChI=1S/C9H21N3O4S2/c1-4-12(7-8(2)9(10)11)18(15,16)6-5-17(3,13)14/h8H,4-7H2,1-3H3,(H3,10,11). The zero-order valence-electron chi connectivity index (χ0n) is 10.9. The molecule has 3 N–H and O–H groups in total. The quantitative estimate of drug-likeness (QED) is 0.451. The van der Waals surface area contributed by atoms with Gasteiger partial charge in [0.25, 0.3) is 0 Å². The zero-order chi connectivity index (χ0) is 14.6. The largest absolute Gasteiger partial charge is 0.387 e. The van der Waals surface area contributed by atoms with Gasteiger partial charge in [-0.05, 0) is 0 Å². The van der Waals surface area contributed by atoms with Gasteiger partial charge < -0.3 is 5.73 Å². The van der Waals surface area contributed by atoms with E-state index in [9.17, 15) is 16.8 Å². The number of sulfonamides is 1. The van der Waals surface area contributed by atoms with Crippen molar-refractivity contribution in [2.24, 2.45) is 11.7 Å². The van der Waals surface area contributed by atoms with Gasteiger partial charge in [0, 0.05) is 25.3 Å². The average molecular weight is 299 g/mol. The molecule has 0 amide bonds. The van der Waals surface area contributed by atoms with Crippen molar-refractivity contribution in [1.29, 1.82) is 5.41 Å². The smallest absolute Gasteiger partial charge is 0.215 e. The summed E-state index contributed by atoms with van der Waals surface area (Å²) < 4.78 is 47.0. The Balaban J connectivity index is 4.78. The Morgan fingerprint density at radius 1 is 1.28 bits per heavy atom. The van der Waals surface area contributed by atoms with E-state index in [-0.39, 0.29) is 18.9 Å². The molecule has 0 aromatic rings. The summed E-state index contributed by atoms with van der Waals surface area (Å²) in [4.78, 5) is 0. The molecular weight excluding hydrogens is 278 g/mol. The predicted octanol–water partition coefficient (Wildman–Crippen LogP) is -0.745. The second-order valence-electron chi connectivity index (χ2n) is 4.25. The molecule has 0 aromatic heterocycles. The van der Waals surface area contributed by atoms with Crippen molar-refractivity contribution in [3.05, 3.63) is 0 Å². The lowest BCUT2D eigenvalue weighted by Crippen LogP contribution is -2.40. The molecule has 0 spiro atoms. The number of nitrogens with one attached hydrogen (secondary N) is 1. The SMILES string of the molecule is CCN(CC(C)C(=N)N)S(=O)(=O)CCS(C)(=O)=O. The van der Waals surface area contributed by atoms with Gasteiger partial charge in [-0.2, -0.15) is 0 Å². The van der Waals surface area contributed by atoms with E-state index < -0.39 is 37.3 Å². The van der Waals surface area contributed by atoms with E-state index in [4.69, 9.17) is 11.1 Å². The van der Waals surface area contributed by atoms with Crippen LogP contribution in [0.1, 0.15) is 13.8 Å². The number of amidine groups is 1. The number of nitrogens with zero attached hydrogens (tertiary/aromatic N) is 1. The molecule has 0 fully saturated rings. The van der Waals surface area contributed by atoms with E-state index in [1.54, 1.807) is 13.8 Å². The fraction of sp³-hybridized carbons (Fsp3) is 0.889. The number of hydrogen-bond acceptors (Lipinski definition) is 5. The van der Waals surface area contributed by atoms with E-state index in [1.165, 1.54) is 0 Å². The molecule has 0 aliphatic carbocycles. The van der Waals surface area contributed by atoms with E-state index >= 15 is 0 Å². The molecule has 0 aromatic carbocycles. The molecule has 0 aliphatic heterocycles. The second kappa shape index (κ2) is 6.48. The summed E-state index contributed by atoms with van der Waals surface area (Å²) in [6.07, 6.45) is 0.997. The second-order valence-corrected chi connectivity index (χ2v) is 8.60. The first-order valence-electron chi connectivity index (χ1n) is 5.49. The van der Waals surface area contributed by atoms with Gasteiger partial charge >= 0.3 is 0 Å². The molecule has 7 nitrogen and oxygen atoms in total. The van der Waals surface area contributed by atoms with E-state index in [1.807, 2.05) is 0 Å². The van der Waals surface area contributed by atoms with Crippen LogP contribution in [0.2, 0.25) is 0 Å². The third-order valence-electron chi connectivity index (χ3n) is 2.47. The molecule has 0 saturated carbocycles. The van der Waals surface area contributed by atoms with Crippen LogP contribution in [0.5, 0.6) is 0 Å². The van der Waals surface area contributed by atoms with Gasteiger partial charge in [-0.3, -0.25) is 5.41 Å². The Kier molecular flexibility index (Phi) is 6.24. The maximum Gasteiger partial charge on any atom is 0.215 e. The summed E-state index contributed by atoms with van der Waals surface area (Å²) in [5.41, 5.74) is 5.29. The zero-order valence-corrected chi connectivity index (χ0v) is 12.5. The number of nitrogens with two attached hydrogens (primary N) is 1. The molecule has 1 unspecified atom stereocenters. The summed E-state index contributed by atoms with van der Waals surface area (Å²) >= 11 is 0. The highest BCUT2D eigenvalue weighted by atomic mass is 32.2. The first-order chi connectivity index (χ1) is 7.99. The first kappa shape index (κ1) is 17.3. The van der Waals surface area contributed by atoms with Crippen LogP contribution < -0.4 is 5.73 Å². The van der Waals surface area contributed by atoms with Gasteiger partial charge in [0.1, 0.15) is 9.84 Å². The van der Waals surface area contributed by atoms with Crippen LogP contribution in [0.4, 0.5) is 0 Å². The summed E-state index contributed by atoms with van der Waals surface area (Å²) in [5, 5.41) is 7.23. The maximum atomic E-state index is 11.9. The van der Waals surface area contributed by atoms with Crippen molar-refractivity contribution >= 4 is 25.7 Å². The number of hydrogen-bond donors (Lipinski definition) is 2. The lowest BCUT2D eigenvalue weighted by atomic mass is 10.1. The minimum atomic E-state index is -3.63. The molecule has 0 heterocycles. The molecule has 0 saturated heterocycles. The lowest BCUT2D eigenvalue weighted by Gasteiger charge is -2.23. The molecule has 1 atom stereocenters. The average Bonchev–Trinajstić information content (AvgIpc) is 2.21. The van der Waals surface area contributed by atoms with Crippen molar-refractivity contribution in [2.75, 3.05) is 30.9 Å². The van der Waals surface area contributed by atoms with Gasteiger partial charge in [0.05, 0.1) is 17.3 Å². The molecule has 18 heavy (non-hydrogen) atoms. The minimum Gasteiger partial charge on any atom is -0.387 e. The van der Waals surface area contributed by atoms with Crippen molar-refractivity contribution in [1.82, 2.24) is 4.31 Å². The first-order valence-corrected chi connectivity index (χ1v) is 9.16. The van der Waals surface area contributed by atoms with Crippen LogP contribution in [0.25, 0.3) is 0 Å². The van der Waals surface area contributed by atoms with E-state index in [0.29, 0.717) is 0 Å². The van der Waals surface area contributed by atoms with E-state index in [0.717, 1.165) is 10.6 Å². The summed E-state index contributed by atoms with van der Waals surface area (Å²) in [6.45, 7) is 3.63. The van der Waals surface area contributed by atoms with Gasteiger partial charge in [-0.25, -0.2) is 21.1 Å². The molecule has 0 aliphatic rings. The lowest BCUT2D eigenvalue weighted by molar-refractivity contribution is 0.404. The van der Waals surface area contributed by atoms with Gasteiger partial charge in [-0.15, -0.1) is 0 Å². The summed E-state index contributed by atoms with van der Waals surface area (Å²) in [7, 11) is -6.95. The predicted molar refractivity (Wildman–Crippen MR) is 71.8 cm³/mol. The van der Waals surface area contributed by atoms with Crippen molar-refractivity contribution in [3.63, 3.8) is 0 Å². The van der Waals surface area contributed by atoms with Crippen LogP contribution in [-0.4, -0.2) is 57.8 Å². The van der Waals surface area contributed by atoms with Crippen LogP contribution in [-0.2, 0) is 19.9 Å². The van der Waals surface area contributed by atoms with Crippen molar-refractivity contribution in [3.8, 4) is 0 Å². The molecule has 108 valence electrons. The van der Waals surface area contributed by atoms with Gasteiger partial charge in [0.2, 0.25) is 10.0 Å². The molecule has 0 radical (unpaired) electrons. The fourth-order valence-corrected chi connectivity index (χ4v) is 4.38. The van der Waals surface area contributed by atoms with Crippen LogP contribution in [0, 0.1) is 11.3 Å². The molecule has 0 rings (SSSR count). The number of rotatable bonds is 8. The van der Waals surface area contributed by atoms with Crippen LogP contribution in [0.15, 0.2) is 0 Å². The Morgan fingerprint density at radius 2 is 1.78 bits per heavy atom. The van der Waals surface area contributed by atoms with Crippen molar-refractivity contribution in [2.45, 2.75) is 13.8 Å². The minimum absolute atomic E-state index is 0.0910. The van der Waals surface area contributed by atoms with Crippen LogP contribution in [0.3, 0.4) is 0 Å². The highest BCUT2D eigenvalue weighted by Crippen LogP contribution is 2.07. The molecular formula is C9H21N3O4S2. The Labute approximate surface area is 109 Å². The van der Waals surface area contributed by atoms with Crippen LogP contribution >= 0.6 is 0 Å². The van der Waals surface area contributed by atoms with E-state index in [2.05, 4.69) is 0 Å². The Morgan fingerprint density at radius 3 is 2.11 bits per heavy atom. The number of sulfone groups is 1. The third-order valence-corrected chi connectivity index (χ3v) is 5.58. The molecule has 9 heteroatoms.